The van der Waals surface area contributed by atoms with Gasteiger partial charge in [-0.1, -0.05) is 42.5 Å². The van der Waals surface area contributed by atoms with Crippen LogP contribution in [0.2, 0.25) is 0 Å². The fourth-order valence-electron chi connectivity index (χ4n) is 2.74. The number of benzene rings is 1. The third kappa shape index (κ3) is 4.59. The second-order valence-electron chi connectivity index (χ2n) is 5.74. The lowest BCUT2D eigenvalue weighted by molar-refractivity contribution is -0.188. The van der Waals surface area contributed by atoms with Crippen molar-refractivity contribution in [3.63, 3.8) is 0 Å². The molecule has 0 spiro atoms. The lowest BCUT2D eigenvalue weighted by Gasteiger charge is -2.18. The number of carboxylic acids is 1. The lowest BCUT2D eigenvalue weighted by atomic mass is 9.96. The maximum Gasteiger partial charge on any atom is 0.394 e. The summed E-state index contributed by atoms with van der Waals surface area (Å²) < 4.78 is 38.7. The molecule has 1 saturated heterocycles. The van der Waals surface area contributed by atoms with Gasteiger partial charge in [0.15, 0.2) is 0 Å². The average molecular weight is 341 g/mol. The summed E-state index contributed by atoms with van der Waals surface area (Å²) in [5.41, 5.74) is 0.967. The molecule has 1 aliphatic heterocycles. The molecular formula is C17H18F3NO3. The number of amides is 1. The van der Waals surface area contributed by atoms with Gasteiger partial charge in [-0.25, -0.2) is 0 Å². The van der Waals surface area contributed by atoms with E-state index >= 15 is 0 Å². The van der Waals surface area contributed by atoms with Crippen molar-refractivity contribution >= 4 is 18.0 Å². The van der Waals surface area contributed by atoms with Gasteiger partial charge < -0.3 is 10.0 Å². The second kappa shape index (κ2) is 7.51. The molecule has 4 nitrogen and oxygen atoms in total. The van der Waals surface area contributed by atoms with Crippen LogP contribution in [0.15, 0.2) is 36.4 Å². The van der Waals surface area contributed by atoms with E-state index in [-0.39, 0.29) is 13.0 Å². The normalized spacial score (nSPS) is 21.4. The quantitative estimate of drug-likeness (QED) is 0.895. The van der Waals surface area contributed by atoms with Crippen LogP contribution >= 0.6 is 0 Å². The number of carbonyl (C=O) groups is 2. The molecule has 0 unspecified atom stereocenters. The number of hydrogen-bond acceptors (Lipinski definition) is 2. The van der Waals surface area contributed by atoms with E-state index in [4.69, 9.17) is 5.11 Å². The van der Waals surface area contributed by atoms with E-state index in [1.54, 1.807) is 6.08 Å². The molecule has 24 heavy (non-hydrogen) atoms. The zero-order chi connectivity index (χ0) is 17.7. The Labute approximate surface area is 137 Å². The first-order chi connectivity index (χ1) is 11.3. The van der Waals surface area contributed by atoms with Gasteiger partial charge in [0.1, 0.15) is 0 Å². The van der Waals surface area contributed by atoms with E-state index in [0.29, 0.717) is 6.42 Å². The highest BCUT2D eigenvalue weighted by Crippen LogP contribution is 2.37. The zero-order valence-electron chi connectivity index (χ0n) is 12.9. The fourth-order valence-corrected chi connectivity index (χ4v) is 2.74. The number of allylic oxidation sites excluding steroid dienone is 1. The highest BCUT2D eigenvalue weighted by atomic mass is 19.4. The van der Waals surface area contributed by atoms with Gasteiger partial charge in [-0.15, -0.1) is 0 Å². The van der Waals surface area contributed by atoms with Gasteiger partial charge in [-0.2, -0.15) is 13.2 Å². The second-order valence-corrected chi connectivity index (χ2v) is 5.74. The number of alkyl halides is 3. The van der Waals surface area contributed by atoms with E-state index in [9.17, 15) is 22.8 Å². The van der Waals surface area contributed by atoms with Gasteiger partial charge >= 0.3 is 12.1 Å². The Morgan fingerprint density at radius 3 is 2.42 bits per heavy atom. The van der Waals surface area contributed by atoms with Crippen molar-refractivity contribution in [2.24, 2.45) is 11.8 Å². The van der Waals surface area contributed by atoms with E-state index in [2.05, 4.69) is 0 Å². The molecule has 1 amide bonds. The number of hydrogen-bond donors (Lipinski definition) is 1. The molecular weight excluding hydrogens is 323 g/mol. The number of carbonyl (C=O) groups excluding carboxylic acids is 1. The molecule has 1 fully saturated rings. The van der Waals surface area contributed by atoms with Gasteiger partial charge in [0.05, 0.1) is 11.8 Å². The lowest BCUT2D eigenvalue weighted by Crippen LogP contribution is -2.34. The van der Waals surface area contributed by atoms with Crippen LogP contribution in [0, 0.1) is 11.8 Å². The number of likely N-dealkylation sites (tertiary alicyclic amines) is 1. The SMILES string of the molecule is O=C(O)[C@@H]1CN(C(=O)CC/C=C/c2ccccc2)C[C@H]1C(F)(F)F. The topological polar surface area (TPSA) is 57.6 Å². The Morgan fingerprint density at radius 1 is 1.21 bits per heavy atom. The Kier molecular flexibility index (Phi) is 5.64. The first kappa shape index (κ1) is 18.0. The number of carboxylic acid groups (broad SMARTS) is 1. The van der Waals surface area contributed by atoms with Gasteiger partial charge in [0.25, 0.3) is 0 Å². The van der Waals surface area contributed by atoms with Crippen LogP contribution < -0.4 is 0 Å². The third-order valence-corrected chi connectivity index (χ3v) is 4.04. The van der Waals surface area contributed by atoms with Crippen molar-refractivity contribution in [1.82, 2.24) is 4.90 Å². The van der Waals surface area contributed by atoms with Crippen LogP contribution in [0.1, 0.15) is 18.4 Å². The highest BCUT2D eigenvalue weighted by Gasteiger charge is 2.53. The van der Waals surface area contributed by atoms with Crippen LogP contribution in [0.3, 0.4) is 0 Å². The summed E-state index contributed by atoms with van der Waals surface area (Å²) in [6, 6.07) is 9.41. The number of aliphatic carboxylic acids is 1. The van der Waals surface area contributed by atoms with Crippen LogP contribution in [-0.2, 0) is 9.59 Å². The predicted octanol–water partition coefficient (Wildman–Crippen LogP) is 3.20. The molecule has 0 aliphatic carbocycles. The number of nitrogens with zero attached hydrogens (tertiary/aromatic N) is 1. The minimum atomic E-state index is -4.62. The van der Waals surface area contributed by atoms with E-state index in [1.807, 2.05) is 36.4 Å². The van der Waals surface area contributed by atoms with Crippen molar-refractivity contribution in [3.05, 3.63) is 42.0 Å². The molecule has 1 aromatic rings. The van der Waals surface area contributed by atoms with Crippen LogP contribution in [0.4, 0.5) is 13.2 Å². The van der Waals surface area contributed by atoms with Crippen LogP contribution in [0.5, 0.6) is 0 Å². The summed E-state index contributed by atoms with van der Waals surface area (Å²) in [7, 11) is 0. The van der Waals surface area contributed by atoms with E-state index in [0.717, 1.165) is 10.5 Å². The Hall–Kier alpha value is -2.31. The molecule has 2 rings (SSSR count). The molecule has 7 heteroatoms. The van der Waals surface area contributed by atoms with E-state index in [1.165, 1.54) is 0 Å². The molecule has 1 aromatic carbocycles. The maximum atomic E-state index is 12.9. The summed E-state index contributed by atoms with van der Waals surface area (Å²) in [5, 5.41) is 8.94. The zero-order valence-corrected chi connectivity index (χ0v) is 12.9. The molecule has 1 heterocycles. The number of rotatable bonds is 5. The van der Waals surface area contributed by atoms with Crippen LogP contribution in [-0.4, -0.2) is 41.1 Å². The first-order valence-corrected chi connectivity index (χ1v) is 7.58. The summed E-state index contributed by atoms with van der Waals surface area (Å²) in [6.07, 6.45) is -0.570. The largest absolute Gasteiger partial charge is 0.481 e. The molecule has 130 valence electrons. The third-order valence-electron chi connectivity index (χ3n) is 4.04. The molecule has 0 radical (unpaired) electrons. The molecule has 1 N–H and O–H groups in total. The Morgan fingerprint density at radius 2 is 1.88 bits per heavy atom. The molecule has 0 saturated carbocycles. The number of halogens is 3. The molecule has 0 bridgehead atoms. The average Bonchev–Trinajstić information content (AvgIpc) is 2.98. The van der Waals surface area contributed by atoms with Gasteiger partial charge in [-0.05, 0) is 12.0 Å². The predicted molar refractivity (Wildman–Crippen MR) is 82.0 cm³/mol. The molecule has 2 atom stereocenters. The van der Waals surface area contributed by atoms with Crippen molar-refractivity contribution in [1.29, 1.82) is 0 Å². The minimum Gasteiger partial charge on any atom is -0.481 e. The van der Waals surface area contributed by atoms with Gasteiger partial charge in [0, 0.05) is 19.5 Å². The Balaban J connectivity index is 1.89. The van der Waals surface area contributed by atoms with Crippen LogP contribution in [0.25, 0.3) is 6.08 Å². The fraction of sp³-hybridized carbons (Fsp3) is 0.412. The summed E-state index contributed by atoms with van der Waals surface area (Å²) in [5.74, 6) is -5.56. The molecule has 1 aliphatic rings. The summed E-state index contributed by atoms with van der Waals surface area (Å²) in [4.78, 5) is 24.0. The minimum absolute atomic E-state index is 0.0558. The van der Waals surface area contributed by atoms with Crippen molar-refractivity contribution in [2.45, 2.75) is 19.0 Å². The summed E-state index contributed by atoms with van der Waals surface area (Å²) in [6.45, 7) is -0.970. The monoisotopic (exact) mass is 341 g/mol. The van der Waals surface area contributed by atoms with E-state index < -0.39 is 36.4 Å². The smallest absolute Gasteiger partial charge is 0.394 e. The first-order valence-electron chi connectivity index (χ1n) is 7.58. The standard InChI is InChI=1S/C17H18F3NO3/c18-17(19,20)14-11-21(10-13(14)16(23)24)15(22)9-5-4-8-12-6-2-1-3-7-12/h1-4,6-8,13-14H,5,9-11H2,(H,23,24)/b8-4+/t13-,14-/m1/s1. The molecule has 0 aromatic heterocycles. The Bertz CT molecular complexity index is 613. The van der Waals surface area contributed by atoms with Gasteiger partial charge in [0.2, 0.25) is 5.91 Å². The van der Waals surface area contributed by atoms with Gasteiger partial charge in [-0.3, -0.25) is 9.59 Å². The van der Waals surface area contributed by atoms with Crippen molar-refractivity contribution in [3.8, 4) is 0 Å². The van der Waals surface area contributed by atoms with Crippen molar-refractivity contribution in [2.75, 3.05) is 13.1 Å². The summed E-state index contributed by atoms with van der Waals surface area (Å²) >= 11 is 0. The highest BCUT2D eigenvalue weighted by molar-refractivity contribution is 5.79. The van der Waals surface area contributed by atoms with Crippen molar-refractivity contribution < 1.29 is 27.9 Å². The maximum absolute atomic E-state index is 12.9.